The van der Waals surface area contributed by atoms with Gasteiger partial charge in [0.05, 0.1) is 11.4 Å². The van der Waals surface area contributed by atoms with Crippen molar-refractivity contribution in [2.45, 2.75) is 32.9 Å². The Bertz CT molecular complexity index is 817. The second-order valence-electron chi connectivity index (χ2n) is 6.14. The number of quaternary nitrogens is 1. The van der Waals surface area contributed by atoms with Crippen LogP contribution in [0.4, 0.5) is 5.69 Å². The molecule has 3 rings (SSSR count). The number of benzene rings is 1. The summed E-state index contributed by atoms with van der Waals surface area (Å²) in [6.45, 7) is 5.40. The molecule has 0 aliphatic rings. The first kappa shape index (κ1) is 18.3. The van der Waals surface area contributed by atoms with E-state index in [0.29, 0.717) is 18.3 Å². The molecular formula is C19H23N4O2S+. The number of nitrogens with one attached hydrogen (secondary N) is 2. The minimum Gasteiger partial charge on any atom is -0.414 e. The Hall–Kier alpha value is -2.51. The SMILES string of the molecule is CCC[NH+](Cc1nnc(-c2cccs2)o1)[C@@H](C)C(=O)Nc1ccccc1. The summed E-state index contributed by atoms with van der Waals surface area (Å²) in [6, 6.07) is 13.2. The summed E-state index contributed by atoms with van der Waals surface area (Å²) in [5.41, 5.74) is 0.804. The monoisotopic (exact) mass is 371 g/mol. The molecule has 1 amide bonds. The molecule has 2 atom stereocenters. The Kier molecular flexibility index (Phi) is 6.14. The summed E-state index contributed by atoms with van der Waals surface area (Å²) in [4.78, 5) is 14.7. The Labute approximate surface area is 156 Å². The van der Waals surface area contributed by atoms with Crippen LogP contribution < -0.4 is 10.2 Å². The number of rotatable bonds is 8. The van der Waals surface area contributed by atoms with Crippen molar-refractivity contribution in [3.05, 3.63) is 53.7 Å². The van der Waals surface area contributed by atoms with E-state index in [4.69, 9.17) is 4.42 Å². The van der Waals surface area contributed by atoms with Gasteiger partial charge in [-0.1, -0.05) is 31.2 Å². The highest BCUT2D eigenvalue weighted by Gasteiger charge is 2.27. The van der Waals surface area contributed by atoms with E-state index in [1.165, 1.54) is 0 Å². The van der Waals surface area contributed by atoms with Gasteiger partial charge in [0.2, 0.25) is 0 Å². The number of aromatic nitrogens is 2. The molecule has 0 bridgehead atoms. The fourth-order valence-electron chi connectivity index (χ4n) is 2.76. The van der Waals surface area contributed by atoms with Gasteiger partial charge < -0.3 is 14.6 Å². The predicted molar refractivity (Wildman–Crippen MR) is 102 cm³/mol. The number of thiophene rings is 1. The molecule has 0 saturated carbocycles. The quantitative estimate of drug-likeness (QED) is 0.638. The lowest BCUT2D eigenvalue weighted by molar-refractivity contribution is -0.928. The van der Waals surface area contributed by atoms with Crippen LogP contribution in [0.25, 0.3) is 10.8 Å². The predicted octanol–water partition coefficient (Wildman–Crippen LogP) is 2.62. The van der Waals surface area contributed by atoms with Crippen LogP contribution in [-0.4, -0.2) is 28.7 Å². The number of carbonyl (C=O) groups is 1. The highest BCUT2D eigenvalue weighted by atomic mass is 32.1. The number of carbonyl (C=O) groups excluding carboxylic acids is 1. The van der Waals surface area contributed by atoms with Gasteiger partial charge in [0.25, 0.3) is 17.7 Å². The van der Waals surface area contributed by atoms with Crippen molar-refractivity contribution in [3.63, 3.8) is 0 Å². The number of amides is 1. The number of nitrogens with zero attached hydrogens (tertiary/aromatic N) is 2. The minimum absolute atomic E-state index is 0.0161. The zero-order valence-electron chi connectivity index (χ0n) is 14.9. The summed E-state index contributed by atoms with van der Waals surface area (Å²) < 4.78 is 5.79. The number of anilines is 1. The zero-order valence-corrected chi connectivity index (χ0v) is 15.8. The van der Waals surface area contributed by atoms with E-state index in [-0.39, 0.29) is 11.9 Å². The van der Waals surface area contributed by atoms with E-state index in [0.717, 1.165) is 28.4 Å². The highest BCUT2D eigenvalue weighted by molar-refractivity contribution is 7.13. The second-order valence-corrected chi connectivity index (χ2v) is 7.09. The topological polar surface area (TPSA) is 72.5 Å². The Morgan fingerprint density at radius 2 is 2.04 bits per heavy atom. The molecule has 0 fully saturated rings. The maximum atomic E-state index is 12.6. The second kappa shape index (κ2) is 8.73. The molecular weight excluding hydrogens is 348 g/mol. The van der Waals surface area contributed by atoms with Crippen LogP contribution in [0.3, 0.4) is 0 Å². The van der Waals surface area contributed by atoms with Gasteiger partial charge >= 0.3 is 0 Å². The molecule has 0 radical (unpaired) electrons. The first-order valence-electron chi connectivity index (χ1n) is 8.74. The number of hydrogen-bond donors (Lipinski definition) is 2. The van der Waals surface area contributed by atoms with Crippen LogP contribution in [0.1, 0.15) is 26.2 Å². The van der Waals surface area contributed by atoms with Gasteiger partial charge in [0.15, 0.2) is 12.6 Å². The van der Waals surface area contributed by atoms with Crippen molar-refractivity contribution in [2.75, 3.05) is 11.9 Å². The Morgan fingerprint density at radius 1 is 1.23 bits per heavy atom. The molecule has 3 aromatic rings. The van der Waals surface area contributed by atoms with Crippen molar-refractivity contribution < 1.29 is 14.1 Å². The van der Waals surface area contributed by atoms with Gasteiger partial charge in [-0.2, -0.15) is 0 Å². The molecule has 2 heterocycles. The molecule has 1 unspecified atom stereocenters. The smallest absolute Gasteiger partial charge is 0.282 e. The standard InChI is InChI=1S/C19H22N4O2S/c1-3-11-23(14(2)18(24)20-15-8-5-4-6-9-15)13-17-21-22-19(25-17)16-10-7-12-26-16/h4-10,12,14H,3,11,13H2,1-2H3,(H,20,24)/p+1/t14-/m0/s1. The van der Waals surface area contributed by atoms with Gasteiger partial charge in [-0.25, -0.2) is 0 Å². The average molecular weight is 371 g/mol. The zero-order chi connectivity index (χ0) is 18.4. The summed E-state index contributed by atoms with van der Waals surface area (Å²) in [5.74, 6) is 1.07. The van der Waals surface area contributed by atoms with Crippen LogP contribution in [0.2, 0.25) is 0 Å². The van der Waals surface area contributed by atoms with Gasteiger partial charge in [0.1, 0.15) is 0 Å². The molecule has 0 saturated heterocycles. The highest BCUT2D eigenvalue weighted by Crippen LogP contribution is 2.22. The van der Waals surface area contributed by atoms with Crippen LogP contribution in [0.5, 0.6) is 0 Å². The third-order valence-corrected chi connectivity index (χ3v) is 5.05. The van der Waals surface area contributed by atoms with Crippen molar-refractivity contribution in [2.24, 2.45) is 0 Å². The molecule has 0 aliphatic heterocycles. The van der Waals surface area contributed by atoms with Gasteiger partial charge in [-0.3, -0.25) is 4.79 Å². The molecule has 0 aliphatic carbocycles. The normalized spacial score (nSPS) is 13.3. The third-order valence-electron chi connectivity index (χ3n) is 4.20. The summed E-state index contributed by atoms with van der Waals surface area (Å²) in [5, 5.41) is 13.2. The average Bonchev–Trinajstić information content (AvgIpc) is 3.33. The van der Waals surface area contributed by atoms with Crippen molar-refractivity contribution in [3.8, 4) is 10.8 Å². The summed E-state index contributed by atoms with van der Waals surface area (Å²) in [7, 11) is 0. The van der Waals surface area contributed by atoms with E-state index >= 15 is 0 Å². The fourth-order valence-corrected chi connectivity index (χ4v) is 3.40. The van der Waals surface area contributed by atoms with Crippen molar-refractivity contribution >= 4 is 22.9 Å². The van der Waals surface area contributed by atoms with Crippen molar-refractivity contribution in [1.29, 1.82) is 0 Å². The van der Waals surface area contributed by atoms with E-state index in [1.807, 2.05) is 54.8 Å². The van der Waals surface area contributed by atoms with Gasteiger partial charge in [0, 0.05) is 5.69 Å². The summed E-state index contributed by atoms with van der Waals surface area (Å²) in [6.07, 6.45) is 0.963. The molecule has 136 valence electrons. The molecule has 0 spiro atoms. The van der Waals surface area contributed by atoms with E-state index < -0.39 is 0 Å². The maximum absolute atomic E-state index is 12.6. The van der Waals surface area contributed by atoms with Crippen LogP contribution in [0.15, 0.2) is 52.3 Å². The molecule has 6 nitrogen and oxygen atoms in total. The lowest BCUT2D eigenvalue weighted by atomic mass is 10.2. The Morgan fingerprint density at radius 3 is 2.73 bits per heavy atom. The summed E-state index contributed by atoms with van der Waals surface area (Å²) >= 11 is 1.56. The van der Waals surface area contributed by atoms with E-state index in [2.05, 4.69) is 22.4 Å². The van der Waals surface area contributed by atoms with Crippen LogP contribution in [-0.2, 0) is 11.3 Å². The van der Waals surface area contributed by atoms with Crippen LogP contribution >= 0.6 is 11.3 Å². The van der Waals surface area contributed by atoms with Gasteiger partial charge in [-0.05, 0) is 36.9 Å². The first-order chi connectivity index (χ1) is 12.7. The maximum Gasteiger partial charge on any atom is 0.282 e. The largest absolute Gasteiger partial charge is 0.414 e. The van der Waals surface area contributed by atoms with E-state index in [1.54, 1.807) is 11.3 Å². The lowest BCUT2D eigenvalue weighted by Gasteiger charge is -2.23. The molecule has 2 N–H and O–H groups in total. The Balaban J connectivity index is 1.67. The molecule has 1 aromatic carbocycles. The third kappa shape index (κ3) is 4.56. The van der Waals surface area contributed by atoms with Crippen LogP contribution in [0, 0.1) is 0 Å². The first-order valence-corrected chi connectivity index (χ1v) is 9.62. The van der Waals surface area contributed by atoms with Crippen molar-refractivity contribution in [1.82, 2.24) is 10.2 Å². The molecule has 2 aromatic heterocycles. The van der Waals surface area contributed by atoms with Gasteiger partial charge in [-0.15, -0.1) is 21.5 Å². The number of hydrogen-bond acceptors (Lipinski definition) is 5. The molecule has 7 heteroatoms. The fraction of sp³-hybridized carbons (Fsp3) is 0.316. The molecule has 26 heavy (non-hydrogen) atoms. The minimum atomic E-state index is -0.229. The number of para-hydroxylation sites is 1. The lowest BCUT2D eigenvalue weighted by Crippen LogP contribution is -3.15. The van der Waals surface area contributed by atoms with E-state index in [9.17, 15) is 4.79 Å².